The second-order valence-electron chi connectivity index (χ2n) is 6.17. The van der Waals surface area contributed by atoms with E-state index in [1.54, 1.807) is 49.4 Å². The molecule has 1 aliphatic rings. The number of nitrogens with zero attached hydrogens (tertiary/aromatic N) is 2. The van der Waals surface area contributed by atoms with E-state index in [2.05, 4.69) is 18.5 Å². The van der Waals surface area contributed by atoms with Crippen LogP contribution in [0, 0.1) is 0 Å². The van der Waals surface area contributed by atoms with Gasteiger partial charge in [0.15, 0.2) is 0 Å². The van der Waals surface area contributed by atoms with Crippen LogP contribution in [0.15, 0.2) is 65.1 Å². The Kier molecular flexibility index (Phi) is 11.6. The smallest absolute Gasteiger partial charge is 0.248 e. The number of allylic oxidation sites excluding steroid dienone is 1. The fourth-order valence-electron chi connectivity index (χ4n) is 2.28. The van der Waals surface area contributed by atoms with Crippen LogP contribution in [0.25, 0.3) is 0 Å². The van der Waals surface area contributed by atoms with Gasteiger partial charge >= 0.3 is 0 Å². The van der Waals surface area contributed by atoms with Gasteiger partial charge in [-0.2, -0.15) is 0 Å². The lowest BCUT2D eigenvalue weighted by Gasteiger charge is -2.26. The molecular formula is C22H31N3O5. The number of ether oxygens (including phenoxy) is 3. The molecule has 0 radical (unpaired) electrons. The average molecular weight is 418 g/mol. The van der Waals surface area contributed by atoms with Gasteiger partial charge in [0.25, 0.3) is 0 Å². The van der Waals surface area contributed by atoms with Crippen molar-refractivity contribution in [2.45, 2.75) is 19.8 Å². The zero-order valence-electron chi connectivity index (χ0n) is 17.8. The number of hydrogen-bond acceptors (Lipinski definition) is 6. The standard InChI is InChI=1S/C17H19N3O4.C5H12O/c1-12-9-13(17(18)22)10-16(20(12)11-19-2)24-15-5-3-14(4-6-15)23-8-7-21;1-3-4-5-6-2/h3-6,9-11,21H,1,7-8H2,2H3,(H2,18,22);3-5H2,1-2H3. The summed E-state index contributed by atoms with van der Waals surface area (Å²) in [6.07, 6.45) is 7.03. The van der Waals surface area contributed by atoms with Crippen molar-refractivity contribution in [3.63, 3.8) is 0 Å². The van der Waals surface area contributed by atoms with Gasteiger partial charge in [0, 0.05) is 38.1 Å². The van der Waals surface area contributed by atoms with Crippen molar-refractivity contribution >= 4 is 12.2 Å². The Morgan fingerprint density at radius 3 is 2.40 bits per heavy atom. The Bertz CT molecular complexity index is 765. The highest BCUT2D eigenvalue weighted by molar-refractivity contribution is 5.96. The number of nitrogens with two attached hydrogens (primary N) is 1. The van der Waals surface area contributed by atoms with Crippen molar-refractivity contribution in [2.24, 2.45) is 10.7 Å². The lowest BCUT2D eigenvalue weighted by Crippen LogP contribution is -2.28. The van der Waals surface area contributed by atoms with Crippen molar-refractivity contribution in [1.82, 2.24) is 4.90 Å². The molecule has 0 spiro atoms. The second-order valence-corrected chi connectivity index (χ2v) is 6.17. The summed E-state index contributed by atoms with van der Waals surface area (Å²) in [6.45, 7) is 7.10. The topological polar surface area (TPSA) is 107 Å². The van der Waals surface area contributed by atoms with Crippen LogP contribution >= 0.6 is 0 Å². The largest absolute Gasteiger partial charge is 0.491 e. The van der Waals surface area contributed by atoms with Crippen LogP contribution in [0.1, 0.15) is 19.8 Å². The molecule has 1 aromatic rings. The monoisotopic (exact) mass is 417 g/mol. The van der Waals surface area contributed by atoms with E-state index >= 15 is 0 Å². The first-order chi connectivity index (χ1) is 14.5. The van der Waals surface area contributed by atoms with Gasteiger partial charge in [-0.15, -0.1) is 0 Å². The molecule has 0 unspecified atom stereocenters. The van der Waals surface area contributed by atoms with Gasteiger partial charge < -0.3 is 25.1 Å². The highest BCUT2D eigenvalue weighted by Gasteiger charge is 2.20. The van der Waals surface area contributed by atoms with E-state index in [1.807, 2.05) is 0 Å². The molecule has 1 aliphatic heterocycles. The van der Waals surface area contributed by atoms with Gasteiger partial charge in [0.2, 0.25) is 11.8 Å². The van der Waals surface area contributed by atoms with E-state index < -0.39 is 5.91 Å². The van der Waals surface area contributed by atoms with Crippen LogP contribution in [0.2, 0.25) is 0 Å². The third-order valence-electron chi connectivity index (χ3n) is 3.77. The number of rotatable bonds is 10. The Hall–Kier alpha value is -3.10. The first kappa shape index (κ1) is 24.9. The molecule has 0 aliphatic carbocycles. The van der Waals surface area contributed by atoms with E-state index in [0.717, 1.165) is 6.61 Å². The van der Waals surface area contributed by atoms with Crippen molar-refractivity contribution in [3.8, 4) is 11.5 Å². The van der Waals surface area contributed by atoms with Crippen molar-refractivity contribution in [3.05, 3.63) is 60.1 Å². The zero-order valence-corrected chi connectivity index (χ0v) is 17.8. The average Bonchev–Trinajstić information content (AvgIpc) is 2.74. The summed E-state index contributed by atoms with van der Waals surface area (Å²) in [6, 6.07) is 6.85. The summed E-state index contributed by atoms with van der Waals surface area (Å²) in [5.74, 6) is 0.928. The molecule has 0 aromatic heterocycles. The summed E-state index contributed by atoms with van der Waals surface area (Å²) < 4.78 is 15.9. The SMILES string of the molecule is C=C1C=C(C(N)=O)C=C(Oc2ccc(OCCO)cc2)N1C=NC.CCCCOC. The quantitative estimate of drug-likeness (QED) is 0.344. The number of primary amides is 1. The number of amides is 1. The fourth-order valence-corrected chi connectivity index (χ4v) is 2.28. The molecule has 0 saturated heterocycles. The number of unbranched alkanes of at least 4 members (excludes halogenated alkanes) is 1. The van der Waals surface area contributed by atoms with Gasteiger partial charge in [-0.05, 0) is 36.8 Å². The predicted octanol–water partition coefficient (Wildman–Crippen LogP) is 2.61. The summed E-state index contributed by atoms with van der Waals surface area (Å²) in [7, 11) is 3.35. The second kappa shape index (κ2) is 14.0. The highest BCUT2D eigenvalue weighted by atomic mass is 16.5. The molecule has 164 valence electrons. The Balaban J connectivity index is 0.000000656. The van der Waals surface area contributed by atoms with Crippen LogP contribution < -0.4 is 15.2 Å². The molecule has 8 heteroatoms. The maximum Gasteiger partial charge on any atom is 0.248 e. The minimum atomic E-state index is -0.571. The molecule has 30 heavy (non-hydrogen) atoms. The molecule has 0 atom stereocenters. The van der Waals surface area contributed by atoms with E-state index in [4.69, 9.17) is 25.1 Å². The molecule has 0 bridgehead atoms. The maximum atomic E-state index is 11.4. The maximum absolute atomic E-state index is 11.4. The number of hydrogen-bond donors (Lipinski definition) is 2. The zero-order chi connectivity index (χ0) is 22.4. The molecule has 0 fully saturated rings. The predicted molar refractivity (Wildman–Crippen MR) is 117 cm³/mol. The third-order valence-corrected chi connectivity index (χ3v) is 3.77. The first-order valence-corrected chi connectivity index (χ1v) is 9.60. The van der Waals surface area contributed by atoms with E-state index in [-0.39, 0.29) is 13.2 Å². The molecule has 1 amide bonds. The summed E-state index contributed by atoms with van der Waals surface area (Å²) in [5.41, 5.74) is 6.13. The molecule has 1 aromatic carbocycles. The van der Waals surface area contributed by atoms with Crippen LogP contribution in [0.5, 0.6) is 11.5 Å². The van der Waals surface area contributed by atoms with Gasteiger partial charge in [-0.3, -0.25) is 14.7 Å². The van der Waals surface area contributed by atoms with E-state index in [9.17, 15) is 4.79 Å². The minimum Gasteiger partial charge on any atom is -0.491 e. The van der Waals surface area contributed by atoms with Crippen molar-refractivity contribution in [2.75, 3.05) is 34.0 Å². The van der Waals surface area contributed by atoms with Crippen LogP contribution in [0.3, 0.4) is 0 Å². The molecule has 3 N–H and O–H groups in total. The molecule has 0 saturated carbocycles. The fraction of sp³-hybridized carbons (Fsp3) is 0.364. The number of carbonyl (C=O) groups excluding carboxylic acids is 1. The van der Waals surface area contributed by atoms with Crippen LogP contribution in [-0.4, -0.2) is 56.2 Å². The number of methoxy groups -OCH3 is 1. The Morgan fingerprint density at radius 1 is 1.23 bits per heavy atom. The summed E-state index contributed by atoms with van der Waals surface area (Å²) in [4.78, 5) is 17.0. The number of carbonyl (C=O) groups is 1. The van der Waals surface area contributed by atoms with Crippen molar-refractivity contribution in [1.29, 1.82) is 0 Å². The lowest BCUT2D eigenvalue weighted by atomic mass is 10.1. The molecule has 2 rings (SSSR count). The highest BCUT2D eigenvalue weighted by Crippen LogP contribution is 2.25. The van der Waals surface area contributed by atoms with Gasteiger partial charge in [-0.1, -0.05) is 19.9 Å². The Labute approximate surface area is 177 Å². The van der Waals surface area contributed by atoms with Gasteiger partial charge in [-0.25, -0.2) is 0 Å². The minimum absolute atomic E-state index is 0.0548. The number of aliphatic hydroxyl groups excluding tert-OH is 1. The van der Waals surface area contributed by atoms with Crippen LogP contribution in [0.4, 0.5) is 0 Å². The van der Waals surface area contributed by atoms with Gasteiger partial charge in [0.05, 0.1) is 12.9 Å². The Morgan fingerprint density at radius 2 is 1.90 bits per heavy atom. The molecule has 1 heterocycles. The number of benzene rings is 1. The van der Waals surface area contributed by atoms with Crippen LogP contribution in [-0.2, 0) is 9.53 Å². The summed E-state index contributed by atoms with van der Waals surface area (Å²) in [5, 5.41) is 8.75. The normalized spacial score (nSPS) is 13.3. The molecule has 8 nitrogen and oxygen atoms in total. The first-order valence-electron chi connectivity index (χ1n) is 9.60. The number of aliphatic imine (C=N–C) groups is 1. The van der Waals surface area contributed by atoms with E-state index in [0.29, 0.717) is 28.7 Å². The lowest BCUT2D eigenvalue weighted by molar-refractivity contribution is -0.114. The molecular weight excluding hydrogens is 386 g/mol. The van der Waals surface area contributed by atoms with E-state index in [1.165, 1.54) is 25.3 Å². The summed E-state index contributed by atoms with van der Waals surface area (Å²) >= 11 is 0. The third kappa shape index (κ3) is 8.50. The van der Waals surface area contributed by atoms with Gasteiger partial charge in [0.1, 0.15) is 18.1 Å². The number of aliphatic hydroxyl groups is 1. The van der Waals surface area contributed by atoms with Crippen molar-refractivity contribution < 1.29 is 24.1 Å².